The van der Waals surface area contributed by atoms with Crippen molar-refractivity contribution in [3.8, 4) is 0 Å². The topological polar surface area (TPSA) is 79.5 Å². The molecule has 1 amide bonds. The fourth-order valence-corrected chi connectivity index (χ4v) is 3.05. The van der Waals surface area contributed by atoms with E-state index >= 15 is 0 Å². The van der Waals surface area contributed by atoms with Crippen LogP contribution in [0.4, 0.5) is 0 Å². The molecule has 0 fully saturated rings. The van der Waals surface area contributed by atoms with Gasteiger partial charge in [0.2, 0.25) is 5.91 Å². The maximum atomic E-state index is 11.8. The minimum Gasteiger partial charge on any atom is -0.478 e. The lowest BCUT2D eigenvalue weighted by Gasteiger charge is -2.04. The van der Waals surface area contributed by atoms with Crippen LogP contribution in [-0.2, 0) is 11.3 Å². The van der Waals surface area contributed by atoms with E-state index in [1.807, 2.05) is 24.3 Å². The summed E-state index contributed by atoms with van der Waals surface area (Å²) < 4.78 is 5.31. The second-order valence-corrected chi connectivity index (χ2v) is 6.78. The second-order valence-electron chi connectivity index (χ2n) is 5.17. The van der Waals surface area contributed by atoms with Gasteiger partial charge in [-0.1, -0.05) is 11.6 Å². The van der Waals surface area contributed by atoms with Gasteiger partial charge in [-0.2, -0.15) is 0 Å². The summed E-state index contributed by atoms with van der Waals surface area (Å²) in [5, 5.41) is 12.4. The van der Waals surface area contributed by atoms with Crippen molar-refractivity contribution in [2.75, 3.05) is 5.75 Å². The predicted molar refractivity (Wildman–Crippen MR) is 93.7 cm³/mol. The van der Waals surface area contributed by atoms with E-state index in [0.717, 1.165) is 17.1 Å². The molecule has 2 N–H and O–H groups in total. The Morgan fingerprint density at radius 1 is 1.29 bits per heavy atom. The van der Waals surface area contributed by atoms with Crippen molar-refractivity contribution in [3.05, 3.63) is 52.4 Å². The molecule has 1 heterocycles. The molecule has 0 aliphatic rings. The summed E-state index contributed by atoms with van der Waals surface area (Å²) in [4.78, 5) is 23.8. The van der Waals surface area contributed by atoms with E-state index in [-0.39, 0.29) is 18.0 Å². The average molecular weight is 368 g/mol. The molecule has 2 aromatic rings. The van der Waals surface area contributed by atoms with E-state index in [1.54, 1.807) is 18.7 Å². The molecular formula is C17H18ClNO4S. The van der Waals surface area contributed by atoms with Crippen molar-refractivity contribution in [1.82, 2.24) is 5.32 Å². The van der Waals surface area contributed by atoms with Gasteiger partial charge in [0.15, 0.2) is 0 Å². The van der Waals surface area contributed by atoms with Crippen LogP contribution in [0.2, 0.25) is 5.02 Å². The van der Waals surface area contributed by atoms with Gasteiger partial charge in [-0.25, -0.2) is 4.79 Å². The van der Waals surface area contributed by atoms with Crippen LogP contribution in [0.5, 0.6) is 0 Å². The summed E-state index contributed by atoms with van der Waals surface area (Å²) in [5.74, 6) is 0.489. The zero-order valence-corrected chi connectivity index (χ0v) is 14.7. The van der Waals surface area contributed by atoms with Crippen LogP contribution < -0.4 is 5.32 Å². The number of aromatic carboxylic acids is 1. The highest BCUT2D eigenvalue weighted by molar-refractivity contribution is 7.99. The Kier molecular flexibility index (Phi) is 6.75. The highest BCUT2D eigenvalue weighted by Gasteiger charge is 2.14. The number of rotatable bonds is 8. The maximum Gasteiger partial charge on any atom is 0.339 e. The summed E-state index contributed by atoms with van der Waals surface area (Å²) in [6.07, 6.45) is 1.16. The van der Waals surface area contributed by atoms with Crippen LogP contribution in [0.1, 0.15) is 34.7 Å². The van der Waals surface area contributed by atoms with E-state index < -0.39 is 5.97 Å². The molecule has 0 atom stereocenters. The smallest absolute Gasteiger partial charge is 0.339 e. The number of hydrogen-bond donors (Lipinski definition) is 2. The molecule has 0 saturated heterocycles. The Hall–Kier alpha value is -1.92. The standard InChI is InChI=1S/C17H18ClNO4S/c1-11-15(17(21)22)9-13(23-11)10-19-16(20)3-2-8-24-14-6-4-12(18)5-7-14/h4-7,9H,2-3,8,10H2,1H3,(H,19,20)(H,21,22). The SMILES string of the molecule is Cc1oc(CNC(=O)CCCSc2ccc(Cl)cc2)cc1C(=O)O. The minimum atomic E-state index is -1.03. The summed E-state index contributed by atoms with van der Waals surface area (Å²) in [6.45, 7) is 1.78. The Labute approximate surface area is 149 Å². The molecule has 7 heteroatoms. The highest BCUT2D eigenvalue weighted by Crippen LogP contribution is 2.21. The van der Waals surface area contributed by atoms with Crippen molar-refractivity contribution in [1.29, 1.82) is 0 Å². The van der Waals surface area contributed by atoms with E-state index in [4.69, 9.17) is 21.1 Å². The lowest BCUT2D eigenvalue weighted by Crippen LogP contribution is -2.22. The molecule has 1 aromatic carbocycles. The van der Waals surface area contributed by atoms with Gasteiger partial charge in [-0.05, 0) is 49.4 Å². The van der Waals surface area contributed by atoms with Gasteiger partial charge < -0.3 is 14.8 Å². The molecule has 5 nitrogen and oxygen atoms in total. The first-order chi connectivity index (χ1) is 11.5. The van der Waals surface area contributed by atoms with Crippen molar-refractivity contribution in [2.24, 2.45) is 0 Å². The van der Waals surface area contributed by atoms with Crippen LogP contribution >= 0.6 is 23.4 Å². The number of benzene rings is 1. The number of nitrogens with one attached hydrogen (secondary N) is 1. The molecule has 0 aliphatic carbocycles. The number of thioether (sulfide) groups is 1. The van der Waals surface area contributed by atoms with Crippen LogP contribution in [0.15, 0.2) is 39.6 Å². The van der Waals surface area contributed by atoms with Crippen molar-refractivity contribution in [3.63, 3.8) is 0 Å². The molecule has 0 aliphatic heterocycles. The van der Waals surface area contributed by atoms with Crippen LogP contribution in [0.3, 0.4) is 0 Å². The Morgan fingerprint density at radius 2 is 2.00 bits per heavy atom. The monoisotopic (exact) mass is 367 g/mol. The average Bonchev–Trinajstić information content (AvgIpc) is 2.92. The van der Waals surface area contributed by atoms with Gasteiger partial charge in [0, 0.05) is 16.3 Å². The highest BCUT2D eigenvalue weighted by atomic mass is 35.5. The largest absolute Gasteiger partial charge is 0.478 e. The molecule has 0 bridgehead atoms. The van der Waals surface area contributed by atoms with Crippen molar-refractivity contribution < 1.29 is 19.1 Å². The van der Waals surface area contributed by atoms with E-state index in [1.165, 1.54) is 6.07 Å². The van der Waals surface area contributed by atoms with Crippen molar-refractivity contribution in [2.45, 2.75) is 31.2 Å². The maximum absolute atomic E-state index is 11.8. The second kappa shape index (κ2) is 8.80. The Morgan fingerprint density at radius 3 is 2.62 bits per heavy atom. The predicted octanol–water partition coefficient (Wildman–Crippen LogP) is 4.13. The van der Waals surface area contributed by atoms with Crippen LogP contribution in [0, 0.1) is 6.92 Å². The number of aryl methyl sites for hydroxylation is 1. The van der Waals surface area contributed by atoms with Gasteiger partial charge in [-0.15, -0.1) is 11.8 Å². The number of carbonyl (C=O) groups excluding carboxylic acids is 1. The summed E-state index contributed by atoms with van der Waals surface area (Å²) in [5.41, 5.74) is 0.124. The number of carboxylic acid groups (broad SMARTS) is 1. The molecule has 0 saturated carbocycles. The summed E-state index contributed by atoms with van der Waals surface area (Å²) in [7, 11) is 0. The lowest BCUT2D eigenvalue weighted by molar-refractivity contribution is -0.121. The quantitative estimate of drug-likeness (QED) is 0.541. The number of hydrogen-bond acceptors (Lipinski definition) is 4. The van der Waals surface area contributed by atoms with Gasteiger partial charge in [0.1, 0.15) is 17.1 Å². The number of carboxylic acids is 1. The van der Waals surface area contributed by atoms with E-state index in [9.17, 15) is 9.59 Å². The van der Waals surface area contributed by atoms with E-state index in [0.29, 0.717) is 23.0 Å². The molecule has 24 heavy (non-hydrogen) atoms. The zero-order valence-electron chi connectivity index (χ0n) is 13.2. The molecule has 1 aromatic heterocycles. The number of amides is 1. The van der Waals surface area contributed by atoms with Gasteiger partial charge in [0.05, 0.1) is 6.54 Å². The van der Waals surface area contributed by atoms with Gasteiger partial charge >= 0.3 is 5.97 Å². The molecular weight excluding hydrogens is 350 g/mol. The zero-order chi connectivity index (χ0) is 17.5. The first kappa shape index (κ1) is 18.4. The lowest BCUT2D eigenvalue weighted by atomic mass is 10.2. The molecule has 0 spiro atoms. The fourth-order valence-electron chi connectivity index (χ4n) is 2.07. The molecule has 128 valence electrons. The molecule has 2 rings (SSSR count). The van der Waals surface area contributed by atoms with Crippen LogP contribution in [0.25, 0.3) is 0 Å². The van der Waals surface area contributed by atoms with Gasteiger partial charge in [-0.3, -0.25) is 4.79 Å². The third-order valence-electron chi connectivity index (χ3n) is 3.29. The van der Waals surface area contributed by atoms with Gasteiger partial charge in [0.25, 0.3) is 0 Å². The third-order valence-corrected chi connectivity index (χ3v) is 4.64. The van der Waals surface area contributed by atoms with E-state index in [2.05, 4.69) is 5.32 Å². The third kappa shape index (κ3) is 5.62. The van der Waals surface area contributed by atoms with Crippen LogP contribution in [-0.4, -0.2) is 22.7 Å². The number of carbonyl (C=O) groups is 2. The van der Waals surface area contributed by atoms with Crippen molar-refractivity contribution >= 4 is 35.2 Å². The first-order valence-electron chi connectivity index (χ1n) is 7.43. The molecule has 0 unspecified atom stereocenters. The Bertz CT molecular complexity index is 712. The summed E-state index contributed by atoms with van der Waals surface area (Å²) in [6, 6.07) is 9.02. The minimum absolute atomic E-state index is 0.0855. The normalized spacial score (nSPS) is 10.6. The molecule has 0 radical (unpaired) electrons. The summed E-state index contributed by atoms with van der Waals surface area (Å²) >= 11 is 7.50. The first-order valence-corrected chi connectivity index (χ1v) is 8.79. The fraction of sp³-hybridized carbons (Fsp3) is 0.294. The number of furan rings is 1. The number of halogens is 1. The Balaban J connectivity index is 1.67.